The molecule has 27 heavy (non-hydrogen) atoms. The minimum absolute atomic E-state index is 0.248. The van der Waals surface area contributed by atoms with Gasteiger partial charge in [0.05, 0.1) is 5.52 Å². The monoisotopic (exact) mass is 369 g/mol. The van der Waals surface area contributed by atoms with Crippen LogP contribution in [0.5, 0.6) is 0 Å². The summed E-state index contributed by atoms with van der Waals surface area (Å²) in [6, 6.07) is 8.13. The molecule has 2 aromatic rings. The van der Waals surface area contributed by atoms with Crippen LogP contribution in [0.3, 0.4) is 0 Å². The van der Waals surface area contributed by atoms with Gasteiger partial charge in [-0.2, -0.15) is 0 Å². The van der Waals surface area contributed by atoms with Crippen LogP contribution in [-0.2, 0) is 11.3 Å². The summed E-state index contributed by atoms with van der Waals surface area (Å²) in [5.74, 6) is 0.0859. The van der Waals surface area contributed by atoms with Crippen molar-refractivity contribution in [1.29, 1.82) is 0 Å². The summed E-state index contributed by atoms with van der Waals surface area (Å²) < 4.78 is 7.10. The molecule has 0 unspecified atom stereocenters. The number of piperidine rings is 2. The van der Waals surface area contributed by atoms with E-state index in [2.05, 4.69) is 9.80 Å². The van der Waals surface area contributed by atoms with Gasteiger partial charge >= 0.3 is 5.76 Å². The van der Waals surface area contributed by atoms with Gasteiger partial charge in [0.25, 0.3) is 0 Å². The van der Waals surface area contributed by atoms with E-state index in [-0.39, 0.29) is 11.2 Å². The number of rotatable bonds is 4. The van der Waals surface area contributed by atoms with E-state index in [9.17, 15) is 9.59 Å². The molecule has 1 aliphatic carbocycles. The molecular weight excluding hydrogens is 342 g/mol. The van der Waals surface area contributed by atoms with Gasteiger partial charge in [0.15, 0.2) is 5.58 Å². The van der Waals surface area contributed by atoms with E-state index in [4.69, 9.17) is 4.42 Å². The molecule has 3 aliphatic rings. The molecule has 5 rings (SSSR count). The number of amides is 1. The first-order valence-electron chi connectivity index (χ1n) is 10.2. The van der Waals surface area contributed by atoms with Crippen molar-refractivity contribution in [3.63, 3.8) is 0 Å². The normalized spacial score (nSPS) is 27.0. The molecule has 1 saturated carbocycles. The summed E-state index contributed by atoms with van der Waals surface area (Å²) in [7, 11) is 0. The largest absolute Gasteiger partial charge is 0.419 e. The fourth-order valence-corrected chi connectivity index (χ4v) is 5.06. The molecule has 0 bridgehead atoms. The van der Waals surface area contributed by atoms with Crippen LogP contribution in [0.15, 0.2) is 33.5 Å². The highest BCUT2D eigenvalue weighted by Crippen LogP contribution is 2.42. The lowest BCUT2D eigenvalue weighted by Gasteiger charge is -2.48. The third kappa shape index (κ3) is 3.20. The Morgan fingerprint density at radius 3 is 2.78 bits per heavy atom. The summed E-state index contributed by atoms with van der Waals surface area (Å²) in [5.41, 5.74) is 1.78. The van der Waals surface area contributed by atoms with E-state index in [1.54, 1.807) is 4.57 Å². The van der Waals surface area contributed by atoms with Crippen molar-refractivity contribution in [2.45, 2.75) is 51.1 Å². The standard InChI is InChI=1S/C21H27N3O3/c25-19-8-10-21(15-24(19)16-6-7-16)9-3-11-22(14-21)12-13-23-17-4-1-2-5-18(17)27-20(23)26/h1-2,4-5,16H,3,6-15H2/t21-/m1/s1. The molecule has 3 heterocycles. The average Bonchev–Trinajstić information content (AvgIpc) is 3.46. The van der Waals surface area contributed by atoms with Crippen molar-refractivity contribution in [3.8, 4) is 0 Å². The Labute approximate surface area is 158 Å². The molecule has 6 heteroatoms. The Morgan fingerprint density at radius 1 is 1.07 bits per heavy atom. The van der Waals surface area contributed by atoms with E-state index in [0.29, 0.717) is 30.5 Å². The second-order valence-electron chi connectivity index (χ2n) is 8.62. The Hall–Kier alpha value is -2.08. The third-order valence-electron chi connectivity index (χ3n) is 6.64. The number of nitrogens with zero attached hydrogens (tertiary/aromatic N) is 3. The van der Waals surface area contributed by atoms with E-state index < -0.39 is 0 Å². The highest BCUT2D eigenvalue weighted by Gasteiger charge is 2.45. The second kappa shape index (κ2) is 6.51. The summed E-state index contributed by atoms with van der Waals surface area (Å²) in [4.78, 5) is 29.1. The Kier molecular flexibility index (Phi) is 4.11. The Morgan fingerprint density at radius 2 is 1.93 bits per heavy atom. The van der Waals surface area contributed by atoms with Crippen molar-refractivity contribution < 1.29 is 9.21 Å². The van der Waals surface area contributed by atoms with Crippen molar-refractivity contribution in [2.24, 2.45) is 5.41 Å². The van der Waals surface area contributed by atoms with E-state index in [1.165, 1.54) is 25.7 Å². The molecule has 1 spiro atoms. The van der Waals surface area contributed by atoms with Gasteiger partial charge in [-0.3, -0.25) is 9.36 Å². The van der Waals surface area contributed by atoms with Gasteiger partial charge in [0, 0.05) is 44.1 Å². The zero-order valence-corrected chi connectivity index (χ0v) is 15.7. The van der Waals surface area contributed by atoms with Gasteiger partial charge in [-0.15, -0.1) is 0 Å². The van der Waals surface area contributed by atoms with E-state index in [1.807, 2.05) is 24.3 Å². The molecule has 2 saturated heterocycles. The maximum atomic E-state index is 12.3. The Bertz CT molecular complexity index is 913. The molecule has 1 aromatic carbocycles. The highest BCUT2D eigenvalue weighted by molar-refractivity contribution is 5.78. The number of oxazole rings is 1. The molecule has 1 aromatic heterocycles. The number of carbonyl (C=O) groups is 1. The van der Waals surface area contributed by atoms with Gasteiger partial charge in [-0.05, 0) is 50.8 Å². The number of carbonyl (C=O) groups excluding carboxylic acids is 1. The van der Waals surface area contributed by atoms with E-state index in [0.717, 1.165) is 38.1 Å². The number of para-hydroxylation sites is 2. The lowest BCUT2D eigenvalue weighted by atomic mass is 9.73. The average molecular weight is 369 g/mol. The van der Waals surface area contributed by atoms with Crippen LogP contribution in [0.25, 0.3) is 11.1 Å². The van der Waals surface area contributed by atoms with Crippen molar-refractivity contribution in [1.82, 2.24) is 14.4 Å². The SMILES string of the molecule is O=C1CC[C@@]2(CCCN(CCn3c(=O)oc4ccccc43)C2)CN1C1CC1. The van der Waals surface area contributed by atoms with Gasteiger partial charge in [-0.25, -0.2) is 4.79 Å². The maximum absolute atomic E-state index is 12.3. The summed E-state index contributed by atoms with van der Waals surface area (Å²) in [5, 5.41) is 0. The zero-order chi connectivity index (χ0) is 18.4. The topological polar surface area (TPSA) is 58.7 Å². The number of benzene rings is 1. The summed E-state index contributed by atoms with van der Waals surface area (Å²) >= 11 is 0. The van der Waals surface area contributed by atoms with Crippen molar-refractivity contribution in [2.75, 3.05) is 26.2 Å². The molecule has 0 radical (unpaired) electrons. The van der Waals surface area contributed by atoms with Gasteiger partial charge in [0.1, 0.15) is 0 Å². The molecule has 144 valence electrons. The van der Waals surface area contributed by atoms with Crippen molar-refractivity contribution in [3.05, 3.63) is 34.8 Å². The lowest BCUT2D eigenvalue weighted by Crippen LogP contribution is -2.54. The summed E-state index contributed by atoms with van der Waals surface area (Å²) in [6.45, 7) is 4.54. The predicted molar refractivity (Wildman–Crippen MR) is 103 cm³/mol. The molecule has 6 nitrogen and oxygen atoms in total. The minimum Gasteiger partial charge on any atom is -0.408 e. The number of likely N-dealkylation sites (tertiary alicyclic amines) is 2. The molecule has 0 N–H and O–H groups in total. The third-order valence-corrected chi connectivity index (χ3v) is 6.64. The smallest absolute Gasteiger partial charge is 0.408 e. The molecule has 2 aliphatic heterocycles. The minimum atomic E-state index is -0.272. The van der Waals surface area contributed by atoms with E-state index >= 15 is 0 Å². The van der Waals surface area contributed by atoms with Gasteiger partial charge in [0.2, 0.25) is 5.91 Å². The van der Waals surface area contributed by atoms with Crippen LogP contribution in [0, 0.1) is 5.41 Å². The van der Waals surface area contributed by atoms with Crippen LogP contribution in [-0.4, -0.2) is 52.5 Å². The van der Waals surface area contributed by atoms with Crippen LogP contribution < -0.4 is 5.76 Å². The van der Waals surface area contributed by atoms with Gasteiger partial charge in [-0.1, -0.05) is 12.1 Å². The number of fused-ring (bicyclic) bond motifs is 1. The molecule has 1 atom stereocenters. The lowest BCUT2D eigenvalue weighted by molar-refractivity contribution is -0.140. The number of aromatic nitrogens is 1. The van der Waals surface area contributed by atoms with Crippen LogP contribution >= 0.6 is 0 Å². The molecule has 3 fully saturated rings. The molecular formula is C21H27N3O3. The quantitative estimate of drug-likeness (QED) is 0.831. The first-order chi connectivity index (χ1) is 13.1. The number of hydrogen-bond acceptors (Lipinski definition) is 4. The molecule has 1 amide bonds. The second-order valence-corrected chi connectivity index (χ2v) is 8.62. The Balaban J connectivity index is 1.28. The highest BCUT2D eigenvalue weighted by atomic mass is 16.4. The maximum Gasteiger partial charge on any atom is 0.419 e. The van der Waals surface area contributed by atoms with Crippen LogP contribution in [0.4, 0.5) is 0 Å². The van der Waals surface area contributed by atoms with Crippen molar-refractivity contribution >= 4 is 17.0 Å². The zero-order valence-electron chi connectivity index (χ0n) is 15.7. The first-order valence-corrected chi connectivity index (χ1v) is 10.2. The van der Waals surface area contributed by atoms with Crippen LogP contribution in [0.1, 0.15) is 38.5 Å². The fraction of sp³-hybridized carbons (Fsp3) is 0.619. The van der Waals surface area contributed by atoms with Gasteiger partial charge < -0.3 is 14.2 Å². The number of hydrogen-bond donors (Lipinski definition) is 0. The first kappa shape index (κ1) is 17.0. The van der Waals surface area contributed by atoms with Crippen LogP contribution in [0.2, 0.25) is 0 Å². The summed E-state index contributed by atoms with van der Waals surface area (Å²) in [6.07, 6.45) is 6.47. The fourth-order valence-electron chi connectivity index (χ4n) is 5.06. The predicted octanol–water partition coefficient (Wildman–Crippen LogP) is 2.46.